The molecule has 1 aromatic heterocycles. The zero-order chi connectivity index (χ0) is 12.3. The maximum atomic E-state index is 11.8. The minimum absolute atomic E-state index is 0.0821. The van der Waals surface area contributed by atoms with Crippen molar-refractivity contribution in [2.75, 3.05) is 12.4 Å². The number of aromatic nitrogens is 1. The molecule has 0 spiro atoms. The van der Waals surface area contributed by atoms with Gasteiger partial charge in [-0.15, -0.1) is 0 Å². The quantitative estimate of drug-likeness (QED) is 0.841. The summed E-state index contributed by atoms with van der Waals surface area (Å²) < 4.78 is 5.40. The molecule has 1 aliphatic rings. The summed E-state index contributed by atoms with van der Waals surface area (Å²) in [4.78, 5) is 15.8. The van der Waals surface area contributed by atoms with Crippen LogP contribution in [0.2, 0.25) is 5.15 Å². The number of anilines is 1. The summed E-state index contributed by atoms with van der Waals surface area (Å²) >= 11 is 5.74. The fraction of sp³-hybridized carbons (Fsp3) is 0.500. The van der Waals surface area contributed by atoms with Crippen LogP contribution in [0.1, 0.15) is 25.7 Å². The molecule has 1 aromatic rings. The van der Waals surface area contributed by atoms with Gasteiger partial charge in [-0.2, -0.15) is 0 Å². The zero-order valence-corrected chi connectivity index (χ0v) is 10.5. The predicted octanol–water partition coefficient (Wildman–Crippen LogP) is 2.63. The van der Waals surface area contributed by atoms with Crippen LogP contribution in [0.3, 0.4) is 0 Å². The molecule has 5 heteroatoms. The summed E-state index contributed by atoms with van der Waals surface area (Å²) in [6.07, 6.45) is 3.38. The van der Waals surface area contributed by atoms with E-state index in [0.29, 0.717) is 17.4 Å². The van der Waals surface area contributed by atoms with Crippen molar-refractivity contribution in [2.24, 2.45) is 0 Å². The van der Waals surface area contributed by atoms with Crippen LogP contribution in [0.25, 0.3) is 0 Å². The highest BCUT2D eigenvalue weighted by Crippen LogP contribution is 2.38. The lowest BCUT2D eigenvalue weighted by Gasteiger charge is -2.39. The van der Waals surface area contributed by atoms with Crippen LogP contribution in [-0.4, -0.2) is 23.6 Å². The molecule has 1 amide bonds. The first kappa shape index (κ1) is 12.3. The van der Waals surface area contributed by atoms with Crippen LogP contribution in [0, 0.1) is 0 Å². The number of carbonyl (C=O) groups is 1. The Morgan fingerprint density at radius 1 is 1.59 bits per heavy atom. The predicted molar refractivity (Wildman–Crippen MR) is 66.1 cm³/mol. The fourth-order valence-electron chi connectivity index (χ4n) is 1.98. The maximum absolute atomic E-state index is 11.8. The molecule has 0 aromatic carbocycles. The molecular weight excluding hydrogens is 240 g/mol. The maximum Gasteiger partial charge on any atom is 0.228 e. The Morgan fingerprint density at radius 3 is 2.88 bits per heavy atom. The van der Waals surface area contributed by atoms with Gasteiger partial charge in [-0.25, -0.2) is 4.98 Å². The van der Waals surface area contributed by atoms with Gasteiger partial charge in [0, 0.05) is 7.11 Å². The van der Waals surface area contributed by atoms with Gasteiger partial charge in [0.1, 0.15) is 11.0 Å². The number of carbonyl (C=O) groups excluding carboxylic acids is 1. The molecule has 0 aliphatic heterocycles. The van der Waals surface area contributed by atoms with Gasteiger partial charge in [0.05, 0.1) is 12.0 Å². The number of methoxy groups -OCH3 is 1. The molecule has 0 unspecified atom stereocenters. The van der Waals surface area contributed by atoms with Crippen LogP contribution in [0.4, 0.5) is 5.82 Å². The third-order valence-corrected chi connectivity index (χ3v) is 3.37. The summed E-state index contributed by atoms with van der Waals surface area (Å²) in [6.45, 7) is 0. The molecule has 0 bridgehead atoms. The smallest absolute Gasteiger partial charge is 0.228 e. The zero-order valence-electron chi connectivity index (χ0n) is 9.70. The van der Waals surface area contributed by atoms with E-state index < -0.39 is 0 Å². The average Bonchev–Trinajstić information content (AvgIpc) is 2.23. The normalized spacial score (nSPS) is 17.3. The van der Waals surface area contributed by atoms with Crippen molar-refractivity contribution in [3.8, 4) is 0 Å². The second-order valence-corrected chi connectivity index (χ2v) is 4.70. The Balaban J connectivity index is 1.93. The molecule has 1 saturated carbocycles. The molecule has 1 fully saturated rings. The molecule has 17 heavy (non-hydrogen) atoms. The molecular formula is C12H15ClN2O2. The average molecular weight is 255 g/mol. The second-order valence-electron chi connectivity index (χ2n) is 4.31. The van der Waals surface area contributed by atoms with E-state index in [1.807, 2.05) is 0 Å². The number of pyridine rings is 1. The molecule has 0 radical (unpaired) electrons. The summed E-state index contributed by atoms with van der Waals surface area (Å²) in [5.74, 6) is 0.398. The van der Waals surface area contributed by atoms with E-state index >= 15 is 0 Å². The fourth-order valence-corrected chi connectivity index (χ4v) is 2.15. The van der Waals surface area contributed by atoms with Gasteiger partial charge < -0.3 is 10.1 Å². The Bertz CT molecular complexity index is 413. The van der Waals surface area contributed by atoms with Crippen molar-refractivity contribution >= 4 is 23.3 Å². The van der Waals surface area contributed by atoms with Gasteiger partial charge >= 0.3 is 0 Å². The van der Waals surface area contributed by atoms with Gasteiger partial charge in [0.2, 0.25) is 5.91 Å². The van der Waals surface area contributed by atoms with Crippen molar-refractivity contribution in [2.45, 2.75) is 31.3 Å². The Labute approximate surface area is 105 Å². The van der Waals surface area contributed by atoms with Gasteiger partial charge in [-0.1, -0.05) is 17.7 Å². The first-order chi connectivity index (χ1) is 8.13. The van der Waals surface area contributed by atoms with Gasteiger partial charge in [-0.3, -0.25) is 4.79 Å². The van der Waals surface area contributed by atoms with Crippen LogP contribution in [0.5, 0.6) is 0 Å². The molecule has 0 atom stereocenters. The minimum atomic E-state index is -0.261. The summed E-state index contributed by atoms with van der Waals surface area (Å²) in [5, 5.41) is 3.09. The minimum Gasteiger partial charge on any atom is -0.378 e. The number of nitrogens with one attached hydrogen (secondary N) is 1. The van der Waals surface area contributed by atoms with E-state index in [1.165, 1.54) is 0 Å². The van der Waals surface area contributed by atoms with Crippen molar-refractivity contribution < 1.29 is 9.53 Å². The standard InChI is InChI=1S/C12H15ClN2O2/c1-17-12(6-3-7-12)8-11(16)15-10-5-2-4-9(13)14-10/h2,4-5H,3,6-8H2,1H3,(H,14,15,16). The van der Waals surface area contributed by atoms with E-state index in [2.05, 4.69) is 10.3 Å². The van der Waals surface area contributed by atoms with Gasteiger partial charge in [-0.05, 0) is 31.4 Å². The van der Waals surface area contributed by atoms with Crippen molar-refractivity contribution in [3.05, 3.63) is 23.4 Å². The highest BCUT2D eigenvalue weighted by Gasteiger charge is 2.38. The van der Waals surface area contributed by atoms with Gasteiger partial charge in [0.25, 0.3) is 0 Å². The van der Waals surface area contributed by atoms with E-state index in [-0.39, 0.29) is 11.5 Å². The Morgan fingerprint density at radius 2 is 2.35 bits per heavy atom. The number of nitrogens with zero attached hydrogens (tertiary/aromatic N) is 1. The number of halogens is 1. The highest BCUT2D eigenvalue weighted by molar-refractivity contribution is 6.29. The summed E-state index contributed by atoms with van der Waals surface area (Å²) in [6, 6.07) is 5.13. The monoisotopic (exact) mass is 254 g/mol. The summed E-state index contributed by atoms with van der Waals surface area (Å²) in [7, 11) is 1.66. The Kier molecular flexibility index (Phi) is 3.64. The lowest BCUT2D eigenvalue weighted by Crippen LogP contribution is -2.42. The molecule has 1 heterocycles. The third kappa shape index (κ3) is 2.96. The topological polar surface area (TPSA) is 51.2 Å². The van der Waals surface area contributed by atoms with E-state index in [0.717, 1.165) is 19.3 Å². The largest absolute Gasteiger partial charge is 0.378 e. The van der Waals surface area contributed by atoms with Crippen molar-refractivity contribution in [1.29, 1.82) is 0 Å². The molecule has 1 aliphatic carbocycles. The van der Waals surface area contributed by atoms with E-state index in [1.54, 1.807) is 25.3 Å². The van der Waals surface area contributed by atoms with Crippen LogP contribution >= 0.6 is 11.6 Å². The number of amides is 1. The first-order valence-corrected chi connectivity index (χ1v) is 5.99. The molecule has 4 nitrogen and oxygen atoms in total. The Hall–Kier alpha value is -1.13. The van der Waals surface area contributed by atoms with Crippen LogP contribution in [-0.2, 0) is 9.53 Å². The second kappa shape index (κ2) is 5.02. The molecule has 0 saturated heterocycles. The van der Waals surface area contributed by atoms with Crippen molar-refractivity contribution in [3.63, 3.8) is 0 Å². The molecule has 2 rings (SSSR count). The van der Waals surface area contributed by atoms with E-state index in [4.69, 9.17) is 16.3 Å². The third-order valence-electron chi connectivity index (χ3n) is 3.16. The highest BCUT2D eigenvalue weighted by atomic mass is 35.5. The van der Waals surface area contributed by atoms with Crippen LogP contribution in [0.15, 0.2) is 18.2 Å². The van der Waals surface area contributed by atoms with Crippen LogP contribution < -0.4 is 5.32 Å². The van der Waals surface area contributed by atoms with Crippen molar-refractivity contribution in [1.82, 2.24) is 4.98 Å². The van der Waals surface area contributed by atoms with E-state index in [9.17, 15) is 4.79 Å². The first-order valence-electron chi connectivity index (χ1n) is 5.61. The van der Waals surface area contributed by atoms with Gasteiger partial charge in [0.15, 0.2) is 0 Å². The summed E-state index contributed by atoms with van der Waals surface area (Å²) in [5.41, 5.74) is -0.261. The molecule has 1 N–H and O–H groups in total. The molecule has 92 valence electrons. The SMILES string of the molecule is COC1(CC(=O)Nc2cccc(Cl)n2)CCC1. The number of rotatable bonds is 4. The lowest BCUT2D eigenvalue weighted by molar-refractivity contribution is -0.129. The lowest BCUT2D eigenvalue weighted by atomic mass is 9.77. The number of hydrogen-bond donors (Lipinski definition) is 1. The number of hydrogen-bond acceptors (Lipinski definition) is 3. The number of ether oxygens (including phenoxy) is 1.